The fraction of sp³-hybridized carbons (Fsp3) is 0.476. The Balaban J connectivity index is 1.50. The molecule has 0 amide bonds. The second-order valence-corrected chi connectivity index (χ2v) is 6.65. The van der Waals surface area contributed by atoms with E-state index in [4.69, 9.17) is 18.9 Å². The van der Waals surface area contributed by atoms with Crippen molar-refractivity contribution in [3.05, 3.63) is 54.0 Å². The molecule has 7 heteroatoms. The number of nitrogens with zero attached hydrogens (tertiary/aromatic N) is 2. The molecular weight excluding hydrogens is 356 g/mol. The van der Waals surface area contributed by atoms with Crippen molar-refractivity contribution in [1.29, 1.82) is 0 Å². The molecule has 1 aliphatic rings. The van der Waals surface area contributed by atoms with Gasteiger partial charge in [0.1, 0.15) is 11.5 Å². The fourth-order valence-corrected chi connectivity index (χ4v) is 2.99. The Kier molecular flexibility index (Phi) is 8.21. The SMILES string of the molecule is COc1ccc(CN=C(NCCc2ccco2)NCCN2CCOCC2)cc1. The van der Waals surface area contributed by atoms with Crippen molar-refractivity contribution in [2.45, 2.75) is 13.0 Å². The van der Waals surface area contributed by atoms with Crippen molar-refractivity contribution in [1.82, 2.24) is 15.5 Å². The van der Waals surface area contributed by atoms with Crippen LogP contribution in [0.4, 0.5) is 0 Å². The molecule has 3 rings (SSSR count). The normalized spacial score (nSPS) is 15.4. The first-order valence-corrected chi connectivity index (χ1v) is 9.81. The number of benzene rings is 1. The van der Waals surface area contributed by atoms with Gasteiger partial charge in [-0.15, -0.1) is 0 Å². The summed E-state index contributed by atoms with van der Waals surface area (Å²) in [5.74, 6) is 2.64. The molecule has 1 aliphatic heterocycles. The number of methoxy groups -OCH3 is 1. The average Bonchev–Trinajstić information content (AvgIpc) is 3.26. The Morgan fingerprint density at radius 1 is 1.11 bits per heavy atom. The largest absolute Gasteiger partial charge is 0.497 e. The van der Waals surface area contributed by atoms with E-state index in [9.17, 15) is 0 Å². The Labute approximate surface area is 166 Å². The maximum Gasteiger partial charge on any atom is 0.191 e. The molecule has 1 aromatic carbocycles. The second kappa shape index (κ2) is 11.4. The second-order valence-electron chi connectivity index (χ2n) is 6.65. The summed E-state index contributed by atoms with van der Waals surface area (Å²) >= 11 is 0. The first kappa shape index (κ1) is 20.2. The average molecular weight is 386 g/mol. The number of aliphatic imine (C=N–C) groups is 1. The van der Waals surface area contributed by atoms with Gasteiger partial charge in [-0.2, -0.15) is 0 Å². The summed E-state index contributed by atoms with van der Waals surface area (Å²) in [6, 6.07) is 11.9. The summed E-state index contributed by atoms with van der Waals surface area (Å²) < 4.78 is 16.0. The standard InChI is InChI=1S/C21H30N4O3/c1-26-19-6-4-18(5-7-19)17-24-21(22-9-8-20-3-2-14-28-20)23-10-11-25-12-15-27-16-13-25/h2-7,14H,8-13,15-17H2,1H3,(H2,22,23,24). The van der Waals surface area contributed by atoms with Crippen molar-refractivity contribution >= 4 is 5.96 Å². The maximum atomic E-state index is 5.40. The van der Waals surface area contributed by atoms with Gasteiger partial charge in [-0.05, 0) is 29.8 Å². The molecule has 0 aliphatic carbocycles. The monoisotopic (exact) mass is 386 g/mol. The van der Waals surface area contributed by atoms with Gasteiger partial charge in [0.05, 0.1) is 33.1 Å². The number of ether oxygens (including phenoxy) is 2. The van der Waals surface area contributed by atoms with E-state index in [1.54, 1.807) is 13.4 Å². The molecule has 0 bridgehead atoms. The van der Waals surface area contributed by atoms with Crippen LogP contribution in [0, 0.1) is 0 Å². The Morgan fingerprint density at radius 2 is 1.89 bits per heavy atom. The van der Waals surface area contributed by atoms with E-state index >= 15 is 0 Å². The van der Waals surface area contributed by atoms with Crippen LogP contribution in [0.15, 0.2) is 52.1 Å². The van der Waals surface area contributed by atoms with E-state index in [2.05, 4.69) is 15.5 Å². The summed E-state index contributed by atoms with van der Waals surface area (Å²) in [6.45, 7) is 6.81. The molecule has 28 heavy (non-hydrogen) atoms. The molecule has 0 unspecified atom stereocenters. The van der Waals surface area contributed by atoms with Crippen LogP contribution in [0.2, 0.25) is 0 Å². The summed E-state index contributed by atoms with van der Waals surface area (Å²) in [4.78, 5) is 7.13. The van der Waals surface area contributed by atoms with Crippen LogP contribution in [0.5, 0.6) is 5.75 Å². The van der Waals surface area contributed by atoms with Crippen molar-refractivity contribution < 1.29 is 13.9 Å². The lowest BCUT2D eigenvalue weighted by molar-refractivity contribution is 0.0389. The quantitative estimate of drug-likeness (QED) is 0.507. The van der Waals surface area contributed by atoms with Crippen LogP contribution in [0.3, 0.4) is 0 Å². The van der Waals surface area contributed by atoms with Gasteiger partial charge in [-0.25, -0.2) is 4.99 Å². The zero-order valence-corrected chi connectivity index (χ0v) is 16.5. The molecule has 1 fully saturated rings. The summed E-state index contributed by atoms with van der Waals surface area (Å²) in [5.41, 5.74) is 1.14. The minimum atomic E-state index is 0.609. The third-order valence-corrected chi connectivity index (χ3v) is 4.65. The van der Waals surface area contributed by atoms with E-state index in [0.717, 1.165) is 75.4 Å². The Bertz CT molecular complexity index is 695. The van der Waals surface area contributed by atoms with Crippen LogP contribution < -0.4 is 15.4 Å². The highest BCUT2D eigenvalue weighted by atomic mass is 16.5. The molecule has 7 nitrogen and oxygen atoms in total. The predicted molar refractivity (Wildman–Crippen MR) is 110 cm³/mol. The Hall–Kier alpha value is -2.51. The molecule has 2 heterocycles. The highest BCUT2D eigenvalue weighted by Crippen LogP contribution is 2.11. The van der Waals surface area contributed by atoms with Crippen LogP contribution in [0.25, 0.3) is 0 Å². The number of hydrogen-bond acceptors (Lipinski definition) is 5. The lowest BCUT2D eigenvalue weighted by atomic mass is 10.2. The molecule has 1 aromatic heterocycles. The van der Waals surface area contributed by atoms with E-state index < -0.39 is 0 Å². The van der Waals surface area contributed by atoms with Gasteiger partial charge in [-0.3, -0.25) is 4.90 Å². The van der Waals surface area contributed by atoms with Gasteiger partial charge >= 0.3 is 0 Å². The maximum absolute atomic E-state index is 5.40. The molecule has 1 saturated heterocycles. The fourth-order valence-electron chi connectivity index (χ4n) is 2.99. The third-order valence-electron chi connectivity index (χ3n) is 4.65. The van der Waals surface area contributed by atoms with E-state index in [1.165, 1.54) is 0 Å². The number of morpholine rings is 1. The summed E-state index contributed by atoms with van der Waals surface area (Å²) in [6.07, 6.45) is 2.52. The van der Waals surface area contributed by atoms with Gasteiger partial charge < -0.3 is 24.5 Å². The van der Waals surface area contributed by atoms with Gasteiger partial charge in [0.15, 0.2) is 5.96 Å². The summed E-state index contributed by atoms with van der Waals surface area (Å²) in [5, 5.41) is 6.84. The first-order valence-electron chi connectivity index (χ1n) is 9.81. The minimum absolute atomic E-state index is 0.609. The highest BCUT2D eigenvalue weighted by Gasteiger charge is 2.09. The molecule has 152 valence electrons. The highest BCUT2D eigenvalue weighted by molar-refractivity contribution is 5.79. The molecule has 0 spiro atoms. The number of hydrogen-bond donors (Lipinski definition) is 2. The molecule has 2 N–H and O–H groups in total. The smallest absolute Gasteiger partial charge is 0.191 e. The lowest BCUT2D eigenvalue weighted by Crippen LogP contribution is -2.44. The topological polar surface area (TPSA) is 71.3 Å². The van der Waals surface area contributed by atoms with Crippen LogP contribution in [-0.2, 0) is 17.7 Å². The summed E-state index contributed by atoms with van der Waals surface area (Å²) in [7, 11) is 1.67. The zero-order valence-electron chi connectivity index (χ0n) is 16.5. The number of furan rings is 1. The first-order chi connectivity index (χ1) is 13.8. The van der Waals surface area contributed by atoms with Crippen molar-refractivity contribution in [2.24, 2.45) is 4.99 Å². The van der Waals surface area contributed by atoms with E-state index in [1.807, 2.05) is 36.4 Å². The number of rotatable bonds is 9. The van der Waals surface area contributed by atoms with Gasteiger partial charge in [0.2, 0.25) is 0 Å². The van der Waals surface area contributed by atoms with Gasteiger partial charge in [-0.1, -0.05) is 12.1 Å². The number of guanidine groups is 1. The van der Waals surface area contributed by atoms with Crippen molar-refractivity contribution in [2.75, 3.05) is 53.0 Å². The molecule has 0 radical (unpaired) electrons. The van der Waals surface area contributed by atoms with Gasteiger partial charge in [0.25, 0.3) is 0 Å². The molecule has 0 saturated carbocycles. The number of nitrogens with one attached hydrogen (secondary N) is 2. The third kappa shape index (κ3) is 6.90. The lowest BCUT2D eigenvalue weighted by Gasteiger charge is -2.26. The van der Waals surface area contributed by atoms with E-state index in [-0.39, 0.29) is 0 Å². The molecular formula is C21H30N4O3. The van der Waals surface area contributed by atoms with Crippen LogP contribution in [0.1, 0.15) is 11.3 Å². The molecule has 2 aromatic rings. The van der Waals surface area contributed by atoms with Crippen LogP contribution >= 0.6 is 0 Å². The van der Waals surface area contributed by atoms with Crippen molar-refractivity contribution in [3.8, 4) is 5.75 Å². The molecule has 0 atom stereocenters. The zero-order chi connectivity index (χ0) is 19.4. The van der Waals surface area contributed by atoms with E-state index in [0.29, 0.717) is 6.54 Å². The Morgan fingerprint density at radius 3 is 2.61 bits per heavy atom. The van der Waals surface area contributed by atoms with Gasteiger partial charge in [0, 0.05) is 39.1 Å². The minimum Gasteiger partial charge on any atom is -0.497 e. The van der Waals surface area contributed by atoms with Crippen molar-refractivity contribution in [3.63, 3.8) is 0 Å². The van der Waals surface area contributed by atoms with Crippen LogP contribution in [-0.4, -0.2) is 63.9 Å². The predicted octanol–water partition coefficient (Wildman–Crippen LogP) is 1.90.